The summed E-state index contributed by atoms with van der Waals surface area (Å²) >= 11 is 0. The molecule has 0 atom stereocenters. The largest absolute Gasteiger partial charge is 0.397 e. The monoisotopic (exact) mass is 182 g/mol. The molecule has 0 aliphatic carbocycles. The Morgan fingerprint density at radius 1 is 1.23 bits per heavy atom. The summed E-state index contributed by atoms with van der Waals surface area (Å²) in [5, 5.41) is 17.9. The van der Waals surface area contributed by atoms with E-state index in [4.69, 9.17) is 5.11 Å². The molecule has 5 nitrogen and oxygen atoms in total. The van der Waals surface area contributed by atoms with E-state index in [1.807, 2.05) is 24.3 Å². The van der Waals surface area contributed by atoms with Crippen molar-refractivity contribution in [3.8, 4) is 0 Å². The van der Waals surface area contributed by atoms with E-state index < -0.39 is 0 Å². The molecule has 72 valence electrons. The second-order valence-corrected chi connectivity index (χ2v) is 2.13. The molecular weight excluding hydrogens is 168 g/mol. The zero-order chi connectivity index (χ0) is 8.81. The minimum absolute atomic E-state index is 0. The van der Waals surface area contributed by atoms with Gasteiger partial charge < -0.3 is 11.3 Å². The van der Waals surface area contributed by atoms with Crippen LogP contribution < -0.4 is 6.15 Å². The van der Waals surface area contributed by atoms with Gasteiger partial charge in [0.1, 0.15) is 11.0 Å². The number of hydrogen-bond donors (Lipinski definition) is 3. The summed E-state index contributed by atoms with van der Waals surface area (Å²) in [5.41, 5.74) is 1.83. The average Bonchev–Trinajstić information content (AvgIpc) is 2.52. The molecule has 0 aliphatic heterocycles. The van der Waals surface area contributed by atoms with Crippen molar-refractivity contribution in [3.63, 3.8) is 0 Å². The van der Waals surface area contributed by atoms with E-state index in [2.05, 4.69) is 15.4 Å². The zero-order valence-corrected chi connectivity index (χ0v) is 7.57. The lowest BCUT2D eigenvalue weighted by Gasteiger charge is -1.78. The van der Waals surface area contributed by atoms with Crippen molar-refractivity contribution in [2.24, 2.45) is 0 Å². The molecule has 0 unspecified atom stereocenters. The van der Waals surface area contributed by atoms with Crippen molar-refractivity contribution < 1.29 is 5.11 Å². The van der Waals surface area contributed by atoms with Crippen LogP contribution in [0.25, 0.3) is 11.0 Å². The summed E-state index contributed by atoms with van der Waals surface area (Å²) in [6, 6.07) is 7.70. The molecule has 1 aromatic carbocycles. The molecule has 1 aromatic heterocycles. The number of para-hydroxylation sites is 2. The Bertz CT molecular complexity index is 303. The van der Waals surface area contributed by atoms with Gasteiger partial charge in [-0.05, 0) is 19.1 Å². The molecule has 0 aliphatic rings. The van der Waals surface area contributed by atoms with Gasteiger partial charge in [0.15, 0.2) is 0 Å². The van der Waals surface area contributed by atoms with Crippen LogP contribution in [0.3, 0.4) is 0 Å². The van der Waals surface area contributed by atoms with Crippen molar-refractivity contribution >= 4 is 11.0 Å². The van der Waals surface area contributed by atoms with Gasteiger partial charge in [-0.25, -0.2) is 0 Å². The second kappa shape index (κ2) is 6.10. The standard InChI is InChI=1S/C6H5N3.C2H6O.H3N/c1-2-4-6-5(3-1)7-9-8-6;1-2-3;/h1-4H,(H,7,8,9);3H,2H2,1H3;1H3. The Hall–Kier alpha value is -1.46. The maximum Gasteiger partial charge on any atom is 0.112 e. The van der Waals surface area contributed by atoms with Gasteiger partial charge in [-0.1, -0.05) is 12.1 Å². The first-order chi connectivity index (χ1) is 5.88. The van der Waals surface area contributed by atoms with E-state index >= 15 is 0 Å². The van der Waals surface area contributed by atoms with E-state index in [1.54, 1.807) is 6.92 Å². The smallest absolute Gasteiger partial charge is 0.112 e. The summed E-state index contributed by atoms with van der Waals surface area (Å²) in [4.78, 5) is 0. The second-order valence-electron chi connectivity index (χ2n) is 2.13. The molecule has 2 rings (SSSR count). The van der Waals surface area contributed by atoms with Gasteiger partial charge in [0.05, 0.1) is 0 Å². The number of benzene rings is 1. The van der Waals surface area contributed by atoms with Gasteiger partial charge in [0.25, 0.3) is 0 Å². The van der Waals surface area contributed by atoms with E-state index in [0.717, 1.165) is 11.0 Å². The molecular formula is C8H14N4O. The lowest BCUT2D eigenvalue weighted by molar-refractivity contribution is 0.318. The summed E-state index contributed by atoms with van der Waals surface area (Å²) in [5.74, 6) is 0. The van der Waals surface area contributed by atoms with E-state index in [-0.39, 0.29) is 12.8 Å². The summed E-state index contributed by atoms with van der Waals surface area (Å²) in [7, 11) is 0. The van der Waals surface area contributed by atoms with Crippen LogP contribution in [0.4, 0.5) is 0 Å². The van der Waals surface area contributed by atoms with Crippen LogP contribution in [0, 0.1) is 0 Å². The normalized spacial score (nSPS) is 8.46. The van der Waals surface area contributed by atoms with Gasteiger partial charge in [-0.3, -0.25) is 0 Å². The predicted molar refractivity (Wildman–Crippen MR) is 51.7 cm³/mol. The predicted octanol–water partition coefficient (Wildman–Crippen LogP) is 1.12. The highest BCUT2D eigenvalue weighted by Gasteiger charge is 1.90. The third-order valence-corrected chi connectivity index (χ3v) is 1.22. The quantitative estimate of drug-likeness (QED) is 0.568. The number of aromatic nitrogens is 3. The van der Waals surface area contributed by atoms with Gasteiger partial charge in [0.2, 0.25) is 0 Å². The van der Waals surface area contributed by atoms with E-state index in [9.17, 15) is 0 Å². The summed E-state index contributed by atoms with van der Waals surface area (Å²) in [6.07, 6.45) is 0. The fraction of sp³-hybridized carbons (Fsp3) is 0.250. The number of H-pyrrole nitrogens is 1. The van der Waals surface area contributed by atoms with E-state index in [0.29, 0.717) is 0 Å². The molecule has 0 bridgehead atoms. The van der Waals surface area contributed by atoms with Crippen LogP contribution in [0.2, 0.25) is 0 Å². The topological polar surface area (TPSA) is 96.8 Å². The Morgan fingerprint density at radius 3 is 2.00 bits per heavy atom. The van der Waals surface area contributed by atoms with Crippen LogP contribution in [-0.4, -0.2) is 27.1 Å². The number of nitrogens with zero attached hydrogens (tertiary/aromatic N) is 2. The maximum absolute atomic E-state index is 7.57. The van der Waals surface area contributed by atoms with Crippen LogP contribution >= 0.6 is 0 Å². The number of aromatic amines is 1. The van der Waals surface area contributed by atoms with Gasteiger partial charge in [-0.2, -0.15) is 15.4 Å². The van der Waals surface area contributed by atoms with Crippen molar-refractivity contribution in [3.05, 3.63) is 24.3 Å². The van der Waals surface area contributed by atoms with Crippen molar-refractivity contribution in [2.75, 3.05) is 6.61 Å². The van der Waals surface area contributed by atoms with Gasteiger partial charge in [-0.15, -0.1) is 0 Å². The number of nitrogens with one attached hydrogen (secondary N) is 1. The molecule has 5 heteroatoms. The van der Waals surface area contributed by atoms with Crippen LogP contribution in [-0.2, 0) is 0 Å². The average molecular weight is 182 g/mol. The maximum atomic E-state index is 7.57. The van der Waals surface area contributed by atoms with Crippen molar-refractivity contribution in [2.45, 2.75) is 6.92 Å². The summed E-state index contributed by atoms with van der Waals surface area (Å²) < 4.78 is 0. The molecule has 0 amide bonds. The fourth-order valence-corrected chi connectivity index (χ4v) is 0.786. The lowest BCUT2D eigenvalue weighted by Crippen LogP contribution is -1.63. The lowest BCUT2D eigenvalue weighted by atomic mass is 10.3. The fourth-order valence-electron chi connectivity index (χ4n) is 0.786. The minimum atomic E-state index is 0. The molecule has 0 saturated carbocycles. The number of hydrogen-bond acceptors (Lipinski definition) is 4. The van der Waals surface area contributed by atoms with E-state index in [1.165, 1.54) is 0 Å². The van der Waals surface area contributed by atoms with Crippen LogP contribution in [0.15, 0.2) is 24.3 Å². The van der Waals surface area contributed by atoms with Gasteiger partial charge >= 0.3 is 0 Å². The molecule has 0 spiro atoms. The highest BCUT2D eigenvalue weighted by Crippen LogP contribution is 2.03. The minimum Gasteiger partial charge on any atom is -0.397 e. The zero-order valence-electron chi connectivity index (χ0n) is 7.57. The molecule has 1 heterocycles. The van der Waals surface area contributed by atoms with Crippen LogP contribution in [0.5, 0.6) is 0 Å². The number of aliphatic hydroxyl groups excluding tert-OH is 1. The number of fused-ring (bicyclic) bond motifs is 1. The number of rotatable bonds is 0. The highest BCUT2D eigenvalue weighted by atomic mass is 16.2. The first kappa shape index (κ1) is 11.5. The Balaban J connectivity index is 0.000000324. The molecule has 0 radical (unpaired) electrons. The highest BCUT2D eigenvalue weighted by molar-refractivity contribution is 5.72. The van der Waals surface area contributed by atoms with Crippen LogP contribution in [0.1, 0.15) is 6.92 Å². The SMILES string of the molecule is CCO.N.c1ccc2n[nH]nc2c1. The van der Waals surface area contributed by atoms with Crippen molar-refractivity contribution in [1.29, 1.82) is 0 Å². The third-order valence-electron chi connectivity index (χ3n) is 1.22. The Kier molecular flexibility index (Phi) is 5.42. The van der Waals surface area contributed by atoms with Crippen molar-refractivity contribution in [1.82, 2.24) is 21.6 Å². The molecule has 13 heavy (non-hydrogen) atoms. The van der Waals surface area contributed by atoms with Gasteiger partial charge in [0, 0.05) is 6.61 Å². The third kappa shape index (κ3) is 3.18. The Labute approximate surface area is 76.4 Å². The summed E-state index contributed by atoms with van der Waals surface area (Å²) in [6.45, 7) is 1.93. The first-order valence-electron chi connectivity index (χ1n) is 3.75. The number of aliphatic hydroxyl groups is 1. The molecule has 0 fully saturated rings. The molecule has 5 N–H and O–H groups in total. The Morgan fingerprint density at radius 2 is 1.62 bits per heavy atom. The molecule has 0 saturated heterocycles. The first-order valence-corrected chi connectivity index (χ1v) is 3.75. The molecule has 2 aromatic rings.